The first-order valence-corrected chi connectivity index (χ1v) is 9.54. The van der Waals surface area contributed by atoms with Crippen LogP contribution in [0, 0.1) is 0 Å². The van der Waals surface area contributed by atoms with Crippen molar-refractivity contribution in [1.29, 1.82) is 0 Å². The van der Waals surface area contributed by atoms with E-state index in [0.717, 1.165) is 27.7 Å². The average molecular weight is 366 g/mol. The largest absolute Gasteiger partial charge is 0.335 e. The van der Waals surface area contributed by atoms with E-state index in [1.807, 2.05) is 90.7 Å². The number of fused-ring (bicyclic) bond motifs is 1. The lowest BCUT2D eigenvalue weighted by Gasteiger charge is -2.22. The van der Waals surface area contributed by atoms with E-state index < -0.39 is 0 Å². The highest BCUT2D eigenvalue weighted by molar-refractivity contribution is 6.07. The van der Waals surface area contributed by atoms with Gasteiger partial charge in [0.25, 0.3) is 5.91 Å². The number of para-hydroxylation sites is 1. The standard InChI is InChI=1S/C25H22N2O/c1-2-27(18-19-11-5-3-6-12-19)25(28)22-17-24(20-13-7-4-8-14-20)26-23-16-10-9-15-21(22)23/h3-17H,2,18H2,1H3. The summed E-state index contributed by atoms with van der Waals surface area (Å²) >= 11 is 0. The number of carbonyl (C=O) groups excluding carboxylic acids is 1. The zero-order valence-electron chi connectivity index (χ0n) is 15.9. The van der Waals surface area contributed by atoms with Gasteiger partial charge in [-0.15, -0.1) is 0 Å². The van der Waals surface area contributed by atoms with Gasteiger partial charge in [-0.05, 0) is 24.6 Å². The van der Waals surface area contributed by atoms with Crippen LogP contribution in [0.5, 0.6) is 0 Å². The molecule has 0 fully saturated rings. The highest BCUT2D eigenvalue weighted by Gasteiger charge is 2.19. The van der Waals surface area contributed by atoms with Crippen LogP contribution in [0.4, 0.5) is 0 Å². The Bertz CT molecular complexity index is 1090. The second-order valence-corrected chi connectivity index (χ2v) is 6.74. The molecule has 0 aliphatic carbocycles. The molecule has 0 saturated heterocycles. The van der Waals surface area contributed by atoms with Gasteiger partial charge in [-0.2, -0.15) is 0 Å². The molecule has 0 unspecified atom stereocenters. The molecule has 1 amide bonds. The maximum absolute atomic E-state index is 13.5. The minimum absolute atomic E-state index is 0.0298. The van der Waals surface area contributed by atoms with Crippen molar-refractivity contribution < 1.29 is 4.79 Å². The SMILES string of the molecule is CCN(Cc1ccccc1)C(=O)c1cc(-c2ccccc2)nc2ccccc12. The zero-order valence-corrected chi connectivity index (χ0v) is 15.9. The number of pyridine rings is 1. The van der Waals surface area contributed by atoms with Gasteiger partial charge in [0.1, 0.15) is 0 Å². The molecule has 0 spiro atoms. The zero-order chi connectivity index (χ0) is 19.3. The van der Waals surface area contributed by atoms with E-state index in [-0.39, 0.29) is 5.91 Å². The summed E-state index contributed by atoms with van der Waals surface area (Å²) in [5.41, 5.74) is 4.48. The van der Waals surface area contributed by atoms with Gasteiger partial charge < -0.3 is 4.90 Å². The van der Waals surface area contributed by atoms with E-state index >= 15 is 0 Å². The number of nitrogens with zero attached hydrogens (tertiary/aromatic N) is 2. The first-order chi connectivity index (χ1) is 13.8. The van der Waals surface area contributed by atoms with Gasteiger partial charge in [-0.3, -0.25) is 4.79 Å². The molecule has 3 aromatic carbocycles. The fourth-order valence-corrected chi connectivity index (χ4v) is 3.41. The first kappa shape index (κ1) is 17.9. The summed E-state index contributed by atoms with van der Waals surface area (Å²) < 4.78 is 0. The molecule has 4 aromatic rings. The number of benzene rings is 3. The smallest absolute Gasteiger partial charge is 0.254 e. The van der Waals surface area contributed by atoms with Gasteiger partial charge in [-0.25, -0.2) is 4.98 Å². The molecule has 0 atom stereocenters. The lowest BCUT2D eigenvalue weighted by molar-refractivity contribution is 0.0754. The van der Waals surface area contributed by atoms with Gasteiger partial charge in [0, 0.05) is 24.0 Å². The van der Waals surface area contributed by atoms with Gasteiger partial charge in [0.15, 0.2) is 0 Å². The molecule has 0 radical (unpaired) electrons. The quantitative estimate of drug-likeness (QED) is 0.463. The summed E-state index contributed by atoms with van der Waals surface area (Å²) in [7, 11) is 0. The molecule has 3 nitrogen and oxygen atoms in total. The Morgan fingerprint density at radius 2 is 1.50 bits per heavy atom. The van der Waals surface area contributed by atoms with Crippen LogP contribution in [0.15, 0.2) is 91.0 Å². The van der Waals surface area contributed by atoms with E-state index in [4.69, 9.17) is 4.98 Å². The molecule has 138 valence electrons. The van der Waals surface area contributed by atoms with Gasteiger partial charge in [0.05, 0.1) is 16.8 Å². The van der Waals surface area contributed by atoms with Crippen LogP contribution in [0.25, 0.3) is 22.2 Å². The van der Waals surface area contributed by atoms with E-state index in [0.29, 0.717) is 18.7 Å². The minimum Gasteiger partial charge on any atom is -0.335 e. The summed E-state index contributed by atoms with van der Waals surface area (Å²) in [6, 6.07) is 29.9. The Labute approximate surface area is 165 Å². The molecule has 4 rings (SSSR count). The summed E-state index contributed by atoms with van der Waals surface area (Å²) in [6.07, 6.45) is 0. The van der Waals surface area contributed by atoms with Crippen molar-refractivity contribution >= 4 is 16.8 Å². The number of hydrogen-bond acceptors (Lipinski definition) is 2. The van der Waals surface area contributed by atoms with Gasteiger partial charge in [-0.1, -0.05) is 78.9 Å². The predicted molar refractivity (Wildman–Crippen MR) is 114 cm³/mol. The van der Waals surface area contributed by atoms with Crippen LogP contribution in [0.3, 0.4) is 0 Å². The molecule has 0 aliphatic rings. The third-order valence-corrected chi connectivity index (χ3v) is 4.90. The molecule has 1 heterocycles. The second kappa shape index (κ2) is 8.05. The number of carbonyl (C=O) groups is 1. The van der Waals surface area contributed by atoms with Crippen LogP contribution in [0.1, 0.15) is 22.8 Å². The molecule has 0 bridgehead atoms. The van der Waals surface area contributed by atoms with E-state index in [1.165, 1.54) is 0 Å². The Hall–Kier alpha value is -3.46. The Morgan fingerprint density at radius 1 is 0.857 bits per heavy atom. The van der Waals surface area contributed by atoms with Crippen molar-refractivity contribution in [3.05, 3.63) is 102 Å². The predicted octanol–water partition coefficient (Wildman–Crippen LogP) is 5.56. The maximum atomic E-state index is 13.5. The normalized spacial score (nSPS) is 10.8. The van der Waals surface area contributed by atoms with Crippen molar-refractivity contribution in [2.24, 2.45) is 0 Å². The number of rotatable bonds is 5. The van der Waals surface area contributed by atoms with Crippen molar-refractivity contribution in [2.75, 3.05) is 6.54 Å². The lowest BCUT2D eigenvalue weighted by atomic mass is 10.0. The highest BCUT2D eigenvalue weighted by Crippen LogP contribution is 2.26. The Balaban J connectivity index is 1.78. The molecule has 3 heteroatoms. The molecule has 28 heavy (non-hydrogen) atoms. The number of aromatic nitrogens is 1. The molecular formula is C25H22N2O. The van der Waals surface area contributed by atoms with Crippen molar-refractivity contribution in [3.8, 4) is 11.3 Å². The molecule has 0 N–H and O–H groups in total. The van der Waals surface area contributed by atoms with Crippen LogP contribution in [0.2, 0.25) is 0 Å². The third kappa shape index (κ3) is 3.65. The fraction of sp³-hybridized carbons (Fsp3) is 0.120. The van der Waals surface area contributed by atoms with E-state index in [9.17, 15) is 4.79 Å². The highest BCUT2D eigenvalue weighted by atomic mass is 16.2. The van der Waals surface area contributed by atoms with E-state index in [2.05, 4.69) is 12.1 Å². The minimum atomic E-state index is 0.0298. The third-order valence-electron chi connectivity index (χ3n) is 4.90. The Morgan fingerprint density at radius 3 is 2.21 bits per heavy atom. The summed E-state index contributed by atoms with van der Waals surface area (Å²) in [5, 5.41) is 0.888. The van der Waals surface area contributed by atoms with E-state index in [1.54, 1.807) is 0 Å². The van der Waals surface area contributed by atoms with Gasteiger partial charge >= 0.3 is 0 Å². The summed E-state index contributed by atoms with van der Waals surface area (Å²) in [5.74, 6) is 0.0298. The molecule has 1 aromatic heterocycles. The van der Waals surface area contributed by atoms with Crippen molar-refractivity contribution in [1.82, 2.24) is 9.88 Å². The monoisotopic (exact) mass is 366 g/mol. The van der Waals surface area contributed by atoms with Crippen molar-refractivity contribution in [2.45, 2.75) is 13.5 Å². The summed E-state index contributed by atoms with van der Waals surface area (Å²) in [4.78, 5) is 20.1. The first-order valence-electron chi connectivity index (χ1n) is 9.54. The second-order valence-electron chi connectivity index (χ2n) is 6.74. The summed E-state index contributed by atoms with van der Waals surface area (Å²) in [6.45, 7) is 3.25. The maximum Gasteiger partial charge on any atom is 0.254 e. The van der Waals surface area contributed by atoms with Crippen molar-refractivity contribution in [3.63, 3.8) is 0 Å². The van der Waals surface area contributed by atoms with Gasteiger partial charge in [0.2, 0.25) is 0 Å². The van der Waals surface area contributed by atoms with Crippen LogP contribution >= 0.6 is 0 Å². The topological polar surface area (TPSA) is 33.2 Å². The number of amides is 1. The van der Waals surface area contributed by atoms with Crippen LogP contribution in [-0.2, 0) is 6.54 Å². The fourth-order valence-electron chi connectivity index (χ4n) is 3.41. The Kier molecular flexibility index (Phi) is 5.16. The van der Waals surface area contributed by atoms with Crippen LogP contribution in [-0.4, -0.2) is 22.3 Å². The van der Waals surface area contributed by atoms with Crippen LogP contribution < -0.4 is 0 Å². The number of hydrogen-bond donors (Lipinski definition) is 0. The molecular weight excluding hydrogens is 344 g/mol. The lowest BCUT2D eigenvalue weighted by Crippen LogP contribution is -2.30. The average Bonchev–Trinajstić information content (AvgIpc) is 2.77. The molecule has 0 aliphatic heterocycles. The molecule has 0 saturated carbocycles.